The lowest BCUT2D eigenvalue weighted by Gasteiger charge is -2.42. The Morgan fingerprint density at radius 3 is 2.52 bits per heavy atom. The summed E-state index contributed by atoms with van der Waals surface area (Å²) in [6.45, 7) is 3.26. The first-order valence-electron chi connectivity index (χ1n) is 8.68. The van der Waals surface area contributed by atoms with Crippen LogP contribution in [-0.4, -0.2) is 35.3 Å². The fourth-order valence-electron chi connectivity index (χ4n) is 5.51. The highest BCUT2D eigenvalue weighted by molar-refractivity contribution is 6.00. The molecule has 2 heterocycles. The van der Waals surface area contributed by atoms with Crippen molar-refractivity contribution in [1.82, 2.24) is 10.2 Å². The SMILES string of the molecule is CC1CC2(CC(=O)NC(=O)C2C2CCCC2)CN1C1CC1. The first-order valence-corrected chi connectivity index (χ1v) is 8.68. The molecule has 2 aliphatic carbocycles. The first-order chi connectivity index (χ1) is 10.1. The molecule has 0 aromatic rings. The minimum Gasteiger partial charge on any atom is -0.297 e. The molecule has 0 radical (unpaired) electrons. The summed E-state index contributed by atoms with van der Waals surface area (Å²) >= 11 is 0. The summed E-state index contributed by atoms with van der Waals surface area (Å²) in [7, 11) is 0. The van der Waals surface area contributed by atoms with Crippen LogP contribution >= 0.6 is 0 Å². The number of rotatable bonds is 2. The van der Waals surface area contributed by atoms with Gasteiger partial charge in [-0.3, -0.25) is 19.8 Å². The van der Waals surface area contributed by atoms with Crippen LogP contribution in [0.3, 0.4) is 0 Å². The summed E-state index contributed by atoms with van der Waals surface area (Å²) in [5.74, 6) is 0.565. The first kappa shape index (κ1) is 13.7. The van der Waals surface area contributed by atoms with E-state index in [2.05, 4.69) is 17.1 Å². The molecule has 2 saturated carbocycles. The fourth-order valence-corrected chi connectivity index (χ4v) is 5.51. The highest BCUT2D eigenvalue weighted by atomic mass is 16.2. The van der Waals surface area contributed by atoms with Crippen LogP contribution in [0.1, 0.15) is 58.3 Å². The van der Waals surface area contributed by atoms with Crippen LogP contribution in [0, 0.1) is 17.3 Å². The number of nitrogens with one attached hydrogen (secondary N) is 1. The zero-order valence-electron chi connectivity index (χ0n) is 12.9. The van der Waals surface area contributed by atoms with Crippen molar-refractivity contribution in [2.75, 3.05) is 6.54 Å². The Morgan fingerprint density at radius 2 is 1.86 bits per heavy atom. The molecule has 2 aliphatic heterocycles. The van der Waals surface area contributed by atoms with Gasteiger partial charge in [0, 0.05) is 36.4 Å². The quantitative estimate of drug-likeness (QED) is 0.792. The fraction of sp³-hybridized carbons (Fsp3) is 0.882. The summed E-state index contributed by atoms with van der Waals surface area (Å²) in [6.07, 6.45) is 9.04. The number of nitrogens with zero attached hydrogens (tertiary/aromatic N) is 1. The molecule has 0 aromatic carbocycles. The lowest BCUT2D eigenvalue weighted by atomic mass is 9.63. The smallest absolute Gasteiger partial charge is 0.230 e. The lowest BCUT2D eigenvalue weighted by Crippen LogP contribution is -2.55. The van der Waals surface area contributed by atoms with E-state index in [1.54, 1.807) is 0 Å². The molecule has 3 atom stereocenters. The molecule has 2 amide bonds. The Bertz CT molecular complexity index is 467. The predicted octanol–water partition coefficient (Wildman–Crippen LogP) is 2.08. The molecule has 2 saturated heterocycles. The molecular weight excluding hydrogens is 264 g/mol. The maximum Gasteiger partial charge on any atom is 0.230 e. The Balaban J connectivity index is 1.65. The number of hydrogen-bond donors (Lipinski definition) is 1. The number of imide groups is 1. The van der Waals surface area contributed by atoms with Crippen molar-refractivity contribution in [1.29, 1.82) is 0 Å². The van der Waals surface area contributed by atoms with Crippen LogP contribution in [0.2, 0.25) is 0 Å². The molecule has 21 heavy (non-hydrogen) atoms. The van der Waals surface area contributed by atoms with E-state index >= 15 is 0 Å². The van der Waals surface area contributed by atoms with E-state index in [4.69, 9.17) is 0 Å². The van der Waals surface area contributed by atoms with Crippen molar-refractivity contribution in [3.05, 3.63) is 0 Å². The van der Waals surface area contributed by atoms with Crippen molar-refractivity contribution in [3.8, 4) is 0 Å². The van der Waals surface area contributed by atoms with Crippen LogP contribution in [0.4, 0.5) is 0 Å². The van der Waals surface area contributed by atoms with E-state index < -0.39 is 0 Å². The van der Waals surface area contributed by atoms with Gasteiger partial charge in [-0.15, -0.1) is 0 Å². The molecule has 4 fully saturated rings. The minimum atomic E-state index is -0.0730. The van der Waals surface area contributed by atoms with Crippen molar-refractivity contribution >= 4 is 11.8 Å². The van der Waals surface area contributed by atoms with Gasteiger partial charge in [-0.05, 0) is 44.9 Å². The van der Waals surface area contributed by atoms with Gasteiger partial charge in [0.25, 0.3) is 0 Å². The standard InChI is InChI=1S/C17H26N2O2/c1-11-8-17(10-19(11)13-6-7-13)9-14(20)18-16(21)15(17)12-4-2-3-5-12/h11-13,15H,2-10H2,1H3,(H,18,20,21). The van der Waals surface area contributed by atoms with E-state index in [1.165, 1.54) is 38.5 Å². The molecule has 4 rings (SSSR count). The highest BCUT2D eigenvalue weighted by Crippen LogP contribution is 2.53. The summed E-state index contributed by atoms with van der Waals surface area (Å²) < 4.78 is 0. The molecule has 4 nitrogen and oxygen atoms in total. The zero-order chi connectivity index (χ0) is 14.6. The molecule has 4 heteroatoms. The molecule has 1 spiro atoms. The summed E-state index contributed by atoms with van der Waals surface area (Å²) in [5, 5.41) is 2.64. The van der Waals surface area contributed by atoms with E-state index in [0.717, 1.165) is 19.0 Å². The average molecular weight is 290 g/mol. The Labute approximate surface area is 126 Å². The highest BCUT2D eigenvalue weighted by Gasteiger charge is 2.57. The number of piperidine rings is 1. The van der Waals surface area contributed by atoms with Crippen LogP contribution < -0.4 is 5.32 Å². The van der Waals surface area contributed by atoms with Crippen LogP contribution in [0.25, 0.3) is 0 Å². The lowest BCUT2D eigenvalue weighted by molar-refractivity contribution is -0.145. The minimum absolute atomic E-state index is 0.0306. The largest absolute Gasteiger partial charge is 0.297 e. The second-order valence-corrected chi connectivity index (χ2v) is 7.93. The number of carbonyl (C=O) groups is 2. The third kappa shape index (κ3) is 2.23. The van der Waals surface area contributed by atoms with Gasteiger partial charge in [0.05, 0.1) is 0 Å². The van der Waals surface area contributed by atoms with Crippen LogP contribution in [0.15, 0.2) is 0 Å². The van der Waals surface area contributed by atoms with Gasteiger partial charge in [-0.25, -0.2) is 0 Å². The maximum absolute atomic E-state index is 12.6. The van der Waals surface area contributed by atoms with Crippen molar-refractivity contribution < 1.29 is 9.59 Å². The molecule has 1 N–H and O–H groups in total. The second-order valence-electron chi connectivity index (χ2n) is 7.93. The van der Waals surface area contributed by atoms with E-state index in [0.29, 0.717) is 18.4 Å². The molecular formula is C17H26N2O2. The van der Waals surface area contributed by atoms with Gasteiger partial charge in [0.15, 0.2) is 0 Å². The van der Waals surface area contributed by atoms with Gasteiger partial charge in [0.1, 0.15) is 0 Å². The molecule has 0 bridgehead atoms. The predicted molar refractivity (Wildman–Crippen MR) is 79.5 cm³/mol. The van der Waals surface area contributed by atoms with Crippen molar-refractivity contribution in [2.45, 2.75) is 70.4 Å². The van der Waals surface area contributed by atoms with E-state index in [-0.39, 0.29) is 23.1 Å². The third-order valence-corrected chi connectivity index (χ3v) is 6.37. The third-order valence-electron chi connectivity index (χ3n) is 6.37. The van der Waals surface area contributed by atoms with Crippen molar-refractivity contribution in [2.24, 2.45) is 17.3 Å². The topological polar surface area (TPSA) is 49.4 Å². The van der Waals surface area contributed by atoms with Crippen molar-refractivity contribution in [3.63, 3.8) is 0 Å². The molecule has 3 unspecified atom stereocenters. The number of hydrogen-bond acceptors (Lipinski definition) is 3. The Morgan fingerprint density at radius 1 is 1.14 bits per heavy atom. The number of carbonyl (C=O) groups excluding carboxylic acids is 2. The summed E-state index contributed by atoms with van der Waals surface area (Å²) in [6, 6.07) is 1.25. The Hall–Kier alpha value is -0.900. The van der Waals surface area contributed by atoms with E-state index in [9.17, 15) is 9.59 Å². The zero-order valence-corrected chi connectivity index (χ0v) is 12.9. The van der Waals surface area contributed by atoms with Gasteiger partial charge in [0.2, 0.25) is 11.8 Å². The van der Waals surface area contributed by atoms with Gasteiger partial charge < -0.3 is 0 Å². The molecule has 0 aromatic heterocycles. The second kappa shape index (κ2) is 4.80. The number of likely N-dealkylation sites (tertiary alicyclic amines) is 1. The van der Waals surface area contributed by atoms with E-state index in [1.807, 2.05) is 0 Å². The number of amides is 2. The average Bonchev–Trinajstić information content (AvgIpc) is 3.02. The summed E-state index contributed by atoms with van der Waals surface area (Å²) in [5.41, 5.74) is -0.0730. The maximum atomic E-state index is 12.6. The van der Waals surface area contributed by atoms with Gasteiger partial charge >= 0.3 is 0 Å². The van der Waals surface area contributed by atoms with Crippen LogP contribution in [-0.2, 0) is 9.59 Å². The molecule has 4 aliphatic rings. The van der Waals surface area contributed by atoms with Gasteiger partial charge in [-0.1, -0.05) is 12.8 Å². The van der Waals surface area contributed by atoms with Crippen LogP contribution in [0.5, 0.6) is 0 Å². The normalized spacial score (nSPS) is 42.0. The molecule has 116 valence electrons. The monoisotopic (exact) mass is 290 g/mol. The Kier molecular flexibility index (Phi) is 3.14. The summed E-state index contributed by atoms with van der Waals surface area (Å²) in [4.78, 5) is 27.2. The van der Waals surface area contributed by atoms with Gasteiger partial charge in [-0.2, -0.15) is 0 Å².